The SMILES string of the molecule is CC(C)Oc1ccc(CNC(=O)CN(c2cccc(OC(C)C)c2)S(C)(=O)=O)cc1. The molecule has 0 spiro atoms. The first-order valence-electron chi connectivity index (χ1n) is 9.81. The Morgan fingerprint density at radius 3 is 2.13 bits per heavy atom. The van der Waals surface area contributed by atoms with Crippen LogP contribution in [0.2, 0.25) is 0 Å². The fourth-order valence-corrected chi connectivity index (χ4v) is 3.58. The van der Waals surface area contributed by atoms with Gasteiger partial charge in [0.15, 0.2) is 0 Å². The second-order valence-electron chi connectivity index (χ2n) is 7.52. The Kier molecular flexibility index (Phi) is 8.11. The van der Waals surface area contributed by atoms with Gasteiger partial charge in [-0.1, -0.05) is 18.2 Å². The van der Waals surface area contributed by atoms with Gasteiger partial charge in [-0.2, -0.15) is 0 Å². The molecule has 0 saturated heterocycles. The highest BCUT2D eigenvalue weighted by Crippen LogP contribution is 2.24. The number of sulfonamides is 1. The van der Waals surface area contributed by atoms with Crippen molar-refractivity contribution in [1.82, 2.24) is 5.32 Å². The average Bonchev–Trinajstić information content (AvgIpc) is 2.64. The van der Waals surface area contributed by atoms with Crippen LogP contribution in [0.5, 0.6) is 11.5 Å². The van der Waals surface area contributed by atoms with Crippen LogP contribution in [0.4, 0.5) is 5.69 Å². The van der Waals surface area contributed by atoms with Crippen LogP contribution in [0.3, 0.4) is 0 Å². The Labute approximate surface area is 179 Å². The number of carbonyl (C=O) groups excluding carboxylic acids is 1. The fraction of sp³-hybridized carbons (Fsp3) is 0.409. The van der Waals surface area contributed by atoms with E-state index < -0.39 is 15.9 Å². The third-order valence-corrected chi connectivity index (χ3v) is 5.09. The first-order valence-corrected chi connectivity index (χ1v) is 11.7. The minimum Gasteiger partial charge on any atom is -0.491 e. The zero-order valence-corrected chi connectivity index (χ0v) is 18.9. The Hall–Kier alpha value is -2.74. The number of ether oxygens (including phenoxy) is 2. The van der Waals surface area contributed by atoms with E-state index in [1.807, 2.05) is 52.0 Å². The number of hydrogen-bond acceptors (Lipinski definition) is 5. The maximum Gasteiger partial charge on any atom is 0.241 e. The van der Waals surface area contributed by atoms with E-state index in [1.165, 1.54) is 0 Å². The van der Waals surface area contributed by atoms with E-state index in [1.54, 1.807) is 24.3 Å². The second kappa shape index (κ2) is 10.3. The van der Waals surface area contributed by atoms with Crippen molar-refractivity contribution in [3.05, 3.63) is 54.1 Å². The van der Waals surface area contributed by atoms with Crippen molar-refractivity contribution in [2.45, 2.75) is 46.4 Å². The van der Waals surface area contributed by atoms with Crippen LogP contribution in [0.1, 0.15) is 33.3 Å². The third kappa shape index (κ3) is 7.59. The fourth-order valence-electron chi connectivity index (χ4n) is 2.73. The van der Waals surface area contributed by atoms with Gasteiger partial charge in [0, 0.05) is 12.6 Å². The molecule has 0 fully saturated rings. The van der Waals surface area contributed by atoms with Crippen LogP contribution >= 0.6 is 0 Å². The predicted molar refractivity (Wildman–Crippen MR) is 118 cm³/mol. The molecule has 0 aliphatic rings. The maximum atomic E-state index is 12.4. The van der Waals surface area contributed by atoms with Crippen LogP contribution in [0, 0.1) is 0 Å². The summed E-state index contributed by atoms with van der Waals surface area (Å²) in [6.07, 6.45) is 1.11. The van der Waals surface area contributed by atoms with Gasteiger partial charge in [-0.05, 0) is 57.5 Å². The molecule has 7 nitrogen and oxygen atoms in total. The Bertz CT molecular complexity index is 940. The summed E-state index contributed by atoms with van der Waals surface area (Å²) in [6, 6.07) is 14.1. The summed E-state index contributed by atoms with van der Waals surface area (Å²) in [5, 5.41) is 2.76. The molecule has 30 heavy (non-hydrogen) atoms. The molecule has 164 valence electrons. The van der Waals surface area contributed by atoms with Crippen molar-refractivity contribution >= 4 is 21.6 Å². The Balaban J connectivity index is 2.04. The summed E-state index contributed by atoms with van der Waals surface area (Å²) in [4.78, 5) is 12.4. The van der Waals surface area contributed by atoms with Gasteiger partial charge in [0.2, 0.25) is 15.9 Å². The molecule has 2 aromatic rings. The van der Waals surface area contributed by atoms with Crippen LogP contribution in [0.15, 0.2) is 48.5 Å². The number of amides is 1. The van der Waals surface area contributed by atoms with Gasteiger partial charge in [0.1, 0.15) is 18.0 Å². The number of nitrogens with zero attached hydrogens (tertiary/aromatic N) is 1. The maximum absolute atomic E-state index is 12.4. The monoisotopic (exact) mass is 434 g/mol. The van der Waals surface area contributed by atoms with Crippen LogP contribution in [-0.2, 0) is 21.4 Å². The average molecular weight is 435 g/mol. The van der Waals surface area contributed by atoms with E-state index in [-0.39, 0.29) is 25.3 Å². The molecule has 0 bridgehead atoms. The topological polar surface area (TPSA) is 84.9 Å². The van der Waals surface area contributed by atoms with E-state index in [0.29, 0.717) is 11.4 Å². The highest BCUT2D eigenvalue weighted by molar-refractivity contribution is 7.92. The molecule has 0 aromatic heterocycles. The first-order chi connectivity index (χ1) is 14.0. The van der Waals surface area contributed by atoms with Gasteiger partial charge in [-0.25, -0.2) is 8.42 Å². The molecule has 2 aromatic carbocycles. The summed E-state index contributed by atoms with van der Waals surface area (Å²) >= 11 is 0. The molecule has 0 aliphatic carbocycles. The van der Waals surface area contributed by atoms with Gasteiger partial charge in [-0.3, -0.25) is 9.10 Å². The minimum atomic E-state index is -3.66. The molecule has 1 N–H and O–H groups in total. The number of nitrogens with one attached hydrogen (secondary N) is 1. The zero-order chi connectivity index (χ0) is 22.3. The molecule has 0 atom stereocenters. The summed E-state index contributed by atoms with van der Waals surface area (Å²) in [6.45, 7) is 7.64. The van der Waals surface area contributed by atoms with Gasteiger partial charge < -0.3 is 14.8 Å². The summed E-state index contributed by atoms with van der Waals surface area (Å²) in [5.74, 6) is 0.894. The lowest BCUT2D eigenvalue weighted by atomic mass is 10.2. The molecule has 2 rings (SSSR count). The summed E-state index contributed by atoms with van der Waals surface area (Å²) < 4.78 is 36.9. The lowest BCUT2D eigenvalue weighted by Gasteiger charge is -2.23. The first kappa shape index (κ1) is 23.5. The Morgan fingerprint density at radius 1 is 0.967 bits per heavy atom. The highest BCUT2D eigenvalue weighted by atomic mass is 32.2. The van der Waals surface area contributed by atoms with Crippen molar-refractivity contribution in [3.63, 3.8) is 0 Å². The van der Waals surface area contributed by atoms with Gasteiger partial charge in [0.05, 0.1) is 24.2 Å². The third-order valence-electron chi connectivity index (χ3n) is 3.95. The van der Waals surface area contributed by atoms with Crippen molar-refractivity contribution in [2.24, 2.45) is 0 Å². The van der Waals surface area contributed by atoms with Crippen molar-refractivity contribution < 1.29 is 22.7 Å². The minimum absolute atomic E-state index is 0.0486. The van der Waals surface area contributed by atoms with Crippen molar-refractivity contribution in [1.29, 1.82) is 0 Å². The highest BCUT2D eigenvalue weighted by Gasteiger charge is 2.21. The summed E-state index contributed by atoms with van der Waals surface area (Å²) in [5.41, 5.74) is 1.26. The largest absolute Gasteiger partial charge is 0.491 e. The lowest BCUT2D eigenvalue weighted by molar-refractivity contribution is -0.119. The predicted octanol–water partition coefficient (Wildman–Crippen LogP) is 3.34. The van der Waals surface area contributed by atoms with Gasteiger partial charge >= 0.3 is 0 Å². The van der Waals surface area contributed by atoms with E-state index in [2.05, 4.69) is 5.32 Å². The van der Waals surface area contributed by atoms with E-state index in [4.69, 9.17) is 9.47 Å². The summed E-state index contributed by atoms with van der Waals surface area (Å²) in [7, 11) is -3.66. The van der Waals surface area contributed by atoms with E-state index >= 15 is 0 Å². The molecule has 0 aliphatic heterocycles. The van der Waals surface area contributed by atoms with Crippen LogP contribution in [0.25, 0.3) is 0 Å². The number of anilines is 1. The van der Waals surface area contributed by atoms with Crippen molar-refractivity contribution in [2.75, 3.05) is 17.1 Å². The second-order valence-corrected chi connectivity index (χ2v) is 9.43. The van der Waals surface area contributed by atoms with E-state index in [0.717, 1.165) is 21.9 Å². The van der Waals surface area contributed by atoms with Crippen molar-refractivity contribution in [3.8, 4) is 11.5 Å². The normalized spacial score (nSPS) is 11.4. The van der Waals surface area contributed by atoms with Gasteiger partial charge in [-0.15, -0.1) is 0 Å². The zero-order valence-electron chi connectivity index (χ0n) is 18.1. The molecule has 0 saturated carbocycles. The molecule has 8 heteroatoms. The number of carbonyl (C=O) groups is 1. The quantitative estimate of drug-likeness (QED) is 0.620. The molecule has 0 heterocycles. The smallest absolute Gasteiger partial charge is 0.241 e. The molecule has 1 amide bonds. The lowest BCUT2D eigenvalue weighted by Crippen LogP contribution is -2.40. The van der Waals surface area contributed by atoms with Crippen LogP contribution < -0.4 is 19.1 Å². The van der Waals surface area contributed by atoms with Gasteiger partial charge in [0.25, 0.3) is 0 Å². The number of benzene rings is 2. The number of rotatable bonds is 10. The molecule has 0 unspecified atom stereocenters. The number of hydrogen-bond donors (Lipinski definition) is 1. The molecular weight excluding hydrogens is 404 g/mol. The van der Waals surface area contributed by atoms with Crippen LogP contribution in [-0.4, -0.2) is 39.3 Å². The molecular formula is C22H30N2O5S. The Morgan fingerprint density at radius 2 is 1.57 bits per heavy atom. The molecule has 0 radical (unpaired) electrons. The van der Waals surface area contributed by atoms with E-state index in [9.17, 15) is 13.2 Å². The standard InChI is InChI=1S/C22H30N2O5S/c1-16(2)28-20-11-9-18(10-12-20)14-23-22(25)15-24(30(5,26)27)19-7-6-8-21(13-19)29-17(3)4/h6-13,16-17H,14-15H2,1-5H3,(H,23,25).